The molecule has 0 bridgehead atoms. The number of pyridine rings is 1. The second-order valence-corrected chi connectivity index (χ2v) is 9.10. The largest absolute Gasteiger partial charge is 0.497 e. The van der Waals surface area contributed by atoms with E-state index in [1.807, 2.05) is 36.4 Å². The minimum absolute atomic E-state index is 0.0887. The van der Waals surface area contributed by atoms with Crippen LogP contribution in [0.15, 0.2) is 48.8 Å². The number of rotatable bonds is 13. The van der Waals surface area contributed by atoms with Gasteiger partial charge in [0.1, 0.15) is 11.8 Å². The number of carboxylic acid groups (broad SMARTS) is 1. The third-order valence-corrected chi connectivity index (χ3v) is 6.41. The van der Waals surface area contributed by atoms with E-state index in [0.717, 1.165) is 36.1 Å². The third kappa shape index (κ3) is 8.89. The molecule has 3 amide bonds. The quantitative estimate of drug-likeness (QED) is 0.372. The first-order valence-corrected chi connectivity index (χ1v) is 12.4. The average Bonchev–Trinajstić information content (AvgIpc) is 2.89. The highest BCUT2D eigenvalue weighted by atomic mass is 16.5. The minimum atomic E-state index is -1.23. The minimum Gasteiger partial charge on any atom is -0.497 e. The van der Waals surface area contributed by atoms with Crippen LogP contribution in [0.3, 0.4) is 0 Å². The van der Waals surface area contributed by atoms with Gasteiger partial charge in [-0.2, -0.15) is 0 Å². The van der Waals surface area contributed by atoms with Gasteiger partial charge in [-0.05, 0) is 67.5 Å². The fourth-order valence-electron chi connectivity index (χ4n) is 4.38. The number of hydrogen-bond donors (Lipinski definition) is 3. The smallest absolute Gasteiger partial charge is 0.305 e. The molecule has 1 aliphatic heterocycles. The number of aromatic nitrogens is 1. The van der Waals surface area contributed by atoms with Crippen LogP contribution in [0, 0.1) is 5.92 Å². The first-order chi connectivity index (χ1) is 17.9. The maximum Gasteiger partial charge on any atom is 0.305 e. The van der Waals surface area contributed by atoms with Gasteiger partial charge >= 0.3 is 5.97 Å². The number of nitrogens with one attached hydrogen (secondary N) is 2. The summed E-state index contributed by atoms with van der Waals surface area (Å²) in [5, 5.41) is 14.4. The monoisotopic (exact) mass is 510 g/mol. The van der Waals surface area contributed by atoms with E-state index in [9.17, 15) is 24.3 Å². The van der Waals surface area contributed by atoms with Crippen molar-refractivity contribution in [2.24, 2.45) is 5.92 Å². The Kier molecular flexibility index (Phi) is 10.4. The van der Waals surface area contributed by atoms with Crippen molar-refractivity contribution >= 4 is 23.7 Å². The average molecular weight is 511 g/mol. The number of likely N-dealkylation sites (tertiary alicyclic amines) is 1. The molecule has 1 aromatic carbocycles. The van der Waals surface area contributed by atoms with Crippen LogP contribution in [0.5, 0.6) is 5.75 Å². The number of aliphatic carboxylic acids is 1. The van der Waals surface area contributed by atoms with E-state index >= 15 is 0 Å². The van der Waals surface area contributed by atoms with Gasteiger partial charge in [0, 0.05) is 31.4 Å². The summed E-state index contributed by atoms with van der Waals surface area (Å²) in [6.45, 7) is 0.524. The van der Waals surface area contributed by atoms with Gasteiger partial charge in [0.05, 0.1) is 20.1 Å². The highest BCUT2D eigenvalue weighted by molar-refractivity contribution is 5.92. The maximum absolute atomic E-state index is 12.9. The summed E-state index contributed by atoms with van der Waals surface area (Å²) in [7, 11) is 1.58. The summed E-state index contributed by atoms with van der Waals surface area (Å²) in [4.78, 5) is 55.1. The van der Waals surface area contributed by atoms with Gasteiger partial charge < -0.3 is 25.4 Å². The molecule has 2 heterocycles. The zero-order chi connectivity index (χ0) is 26.6. The van der Waals surface area contributed by atoms with Gasteiger partial charge in [-0.3, -0.25) is 24.2 Å². The van der Waals surface area contributed by atoms with Crippen molar-refractivity contribution in [2.45, 2.75) is 44.6 Å². The van der Waals surface area contributed by atoms with Crippen LogP contribution >= 0.6 is 0 Å². The molecule has 1 aromatic heterocycles. The molecule has 2 atom stereocenters. The fourth-order valence-corrected chi connectivity index (χ4v) is 4.38. The van der Waals surface area contributed by atoms with Gasteiger partial charge in [0.25, 0.3) is 0 Å². The number of nitrogens with zero attached hydrogens (tertiary/aromatic N) is 2. The van der Waals surface area contributed by atoms with E-state index in [4.69, 9.17) is 4.74 Å². The van der Waals surface area contributed by atoms with Crippen LogP contribution < -0.4 is 15.4 Å². The molecule has 0 aliphatic carbocycles. The van der Waals surface area contributed by atoms with Crippen molar-refractivity contribution in [3.63, 3.8) is 0 Å². The van der Waals surface area contributed by atoms with Crippen molar-refractivity contribution in [2.75, 3.05) is 26.7 Å². The second kappa shape index (κ2) is 14.0. The molecule has 2 aromatic rings. The summed E-state index contributed by atoms with van der Waals surface area (Å²) in [6, 6.07) is 9.99. The van der Waals surface area contributed by atoms with Crippen LogP contribution in [0.25, 0.3) is 0 Å². The number of piperidine rings is 1. The predicted octanol–water partition coefficient (Wildman–Crippen LogP) is 1.58. The van der Waals surface area contributed by atoms with Gasteiger partial charge in [0.2, 0.25) is 17.7 Å². The summed E-state index contributed by atoms with van der Waals surface area (Å²) in [5.74, 6) is -1.88. The SMILES string of the molecule is COc1ccc(CCNC(=O)[C@H](CC(=O)O)NC(=O)CN2CCC[C@@H](CCc3ccncc3)C2=O)cc1. The van der Waals surface area contributed by atoms with Crippen LogP contribution in [0.2, 0.25) is 0 Å². The fraction of sp³-hybridized carbons (Fsp3) is 0.444. The number of methoxy groups -OCH3 is 1. The van der Waals surface area contributed by atoms with Gasteiger partial charge in [0.15, 0.2) is 0 Å². The van der Waals surface area contributed by atoms with Crippen molar-refractivity contribution in [1.29, 1.82) is 0 Å². The molecule has 3 N–H and O–H groups in total. The highest BCUT2D eigenvalue weighted by Gasteiger charge is 2.31. The van der Waals surface area contributed by atoms with E-state index < -0.39 is 30.2 Å². The summed E-state index contributed by atoms with van der Waals surface area (Å²) in [5.41, 5.74) is 2.08. The van der Waals surface area contributed by atoms with Crippen LogP contribution in [0.4, 0.5) is 0 Å². The molecule has 198 valence electrons. The molecule has 1 aliphatic rings. The summed E-state index contributed by atoms with van der Waals surface area (Å²) in [6.07, 6.45) is 6.39. The molecule has 0 spiro atoms. The molecule has 37 heavy (non-hydrogen) atoms. The summed E-state index contributed by atoms with van der Waals surface area (Å²) >= 11 is 0. The Bertz CT molecular complexity index is 1060. The van der Waals surface area contributed by atoms with E-state index in [0.29, 0.717) is 19.4 Å². The van der Waals surface area contributed by atoms with E-state index in [2.05, 4.69) is 15.6 Å². The van der Waals surface area contributed by atoms with Crippen molar-refractivity contribution in [3.05, 3.63) is 59.9 Å². The first kappa shape index (κ1) is 27.6. The second-order valence-electron chi connectivity index (χ2n) is 9.10. The Balaban J connectivity index is 1.49. The number of carboxylic acids is 1. The normalized spacial score (nSPS) is 16.1. The zero-order valence-electron chi connectivity index (χ0n) is 21.0. The van der Waals surface area contributed by atoms with Crippen LogP contribution in [-0.4, -0.2) is 71.5 Å². The van der Waals surface area contributed by atoms with Crippen LogP contribution in [-0.2, 0) is 32.0 Å². The third-order valence-electron chi connectivity index (χ3n) is 6.41. The number of hydrogen-bond acceptors (Lipinski definition) is 6. The first-order valence-electron chi connectivity index (χ1n) is 12.4. The Morgan fingerprint density at radius 3 is 2.49 bits per heavy atom. The Labute approximate surface area is 216 Å². The van der Waals surface area contributed by atoms with Crippen molar-refractivity contribution < 1.29 is 29.0 Å². The number of carbonyl (C=O) groups is 4. The molecule has 1 fully saturated rings. The maximum atomic E-state index is 12.9. The van der Waals surface area contributed by atoms with E-state index in [-0.39, 0.29) is 24.9 Å². The van der Waals surface area contributed by atoms with Gasteiger partial charge in [-0.1, -0.05) is 12.1 Å². The standard InChI is InChI=1S/C27H34N4O6/c1-37-22-8-5-19(6-9-22)12-15-29-26(35)23(17-25(33)34)30-24(32)18-31-16-2-3-21(27(31)36)7-4-20-10-13-28-14-11-20/h5-6,8-11,13-14,21,23H,2-4,7,12,15-18H2,1H3,(H,29,35)(H,30,32)(H,33,34)/t21-,23-/m0/s1. The molecule has 10 nitrogen and oxygen atoms in total. The zero-order valence-corrected chi connectivity index (χ0v) is 21.0. The lowest BCUT2D eigenvalue weighted by Crippen LogP contribution is -2.52. The van der Waals surface area contributed by atoms with Crippen molar-refractivity contribution in [3.8, 4) is 5.75 Å². The Hall–Kier alpha value is -3.95. The number of benzene rings is 1. The van der Waals surface area contributed by atoms with Crippen molar-refractivity contribution in [1.82, 2.24) is 20.5 Å². The molecule has 0 unspecified atom stereocenters. The lowest BCUT2D eigenvalue weighted by Gasteiger charge is -2.32. The molecular weight excluding hydrogens is 476 g/mol. The van der Waals surface area contributed by atoms with E-state index in [1.54, 1.807) is 19.5 Å². The molecule has 10 heteroatoms. The number of ether oxygens (including phenoxy) is 1. The topological polar surface area (TPSA) is 138 Å². The predicted molar refractivity (Wildman–Crippen MR) is 136 cm³/mol. The number of amides is 3. The van der Waals surface area contributed by atoms with Gasteiger partial charge in [-0.15, -0.1) is 0 Å². The molecule has 3 rings (SSSR count). The lowest BCUT2D eigenvalue weighted by atomic mass is 9.91. The Morgan fingerprint density at radius 1 is 1.11 bits per heavy atom. The molecule has 0 saturated carbocycles. The summed E-state index contributed by atoms with van der Waals surface area (Å²) < 4.78 is 5.12. The molecular formula is C27H34N4O6. The lowest BCUT2D eigenvalue weighted by molar-refractivity contribution is -0.144. The van der Waals surface area contributed by atoms with E-state index in [1.165, 1.54) is 4.90 Å². The number of aryl methyl sites for hydroxylation is 1. The molecule has 0 radical (unpaired) electrons. The van der Waals surface area contributed by atoms with Gasteiger partial charge in [-0.25, -0.2) is 0 Å². The Morgan fingerprint density at radius 2 is 1.81 bits per heavy atom. The highest BCUT2D eigenvalue weighted by Crippen LogP contribution is 2.23. The molecule has 1 saturated heterocycles. The number of carbonyl (C=O) groups excluding carboxylic acids is 3. The van der Waals surface area contributed by atoms with Crippen LogP contribution in [0.1, 0.15) is 36.8 Å².